The molecule has 1 N–H and O–H groups in total. The molecule has 0 saturated heterocycles. The summed E-state index contributed by atoms with van der Waals surface area (Å²) in [7, 11) is 0. The Morgan fingerprint density at radius 2 is 1.82 bits per heavy atom. The summed E-state index contributed by atoms with van der Waals surface area (Å²) >= 11 is 19.2. The first-order valence-electron chi connectivity index (χ1n) is 6.07. The highest BCUT2D eigenvalue weighted by atomic mass is 35.5. The van der Waals surface area contributed by atoms with Crippen molar-refractivity contribution >= 4 is 58.2 Å². The molecule has 0 saturated carbocycles. The molecule has 2 aromatic carbocycles. The van der Waals surface area contributed by atoms with Gasteiger partial charge in [-0.05, 0) is 30.3 Å². The predicted octanol–water partition coefficient (Wildman–Crippen LogP) is 5.25. The number of nitrogens with one attached hydrogen (secondary N) is 1. The summed E-state index contributed by atoms with van der Waals surface area (Å²) in [6.07, 6.45) is 0. The van der Waals surface area contributed by atoms with Crippen LogP contribution in [0.15, 0.2) is 41.3 Å². The summed E-state index contributed by atoms with van der Waals surface area (Å²) in [4.78, 5) is 12.6. The van der Waals surface area contributed by atoms with E-state index >= 15 is 0 Å². The maximum absolute atomic E-state index is 11.9. The van der Waals surface area contributed by atoms with Gasteiger partial charge in [0.1, 0.15) is 6.07 Å². The number of thioether (sulfide) groups is 1. The molecule has 0 radical (unpaired) electrons. The Balaban J connectivity index is 1.99. The number of carbonyl (C=O) groups is 1. The van der Waals surface area contributed by atoms with Crippen molar-refractivity contribution < 1.29 is 4.79 Å². The quantitative estimate of drug-likeness (QED) is 0.747. The molecule has 112 valence electrons. The van der Waals surface area contributed by atoms with Crippen LogP contribution in [0.4, 0.5) is 5.69 Å². The van der Waals surface area contributed by atoms with Crippen LogP contribution in [-0.4, -0.2) is 11.7 Å². The number of hydrogen-bond donors (Lipinski definition) is 1. The molecule has 0 spiro atoms. The molecule has 0 aliphatic carbocycles. The standard InChI is InChI=1S/C15H9Cl3N2OS/c16-11-2-1-3-12(17)15(11)22-8-14(21)20-10-5-4-9(7-19)13(18)6-10/h1-6H,8H2,(H,20,21). The molecule has 0 aliphatic rings. The van der Waals surface area contributed by atoms with Gasteiger partial charge in [0.15, 0.2) is 0 Å². The van der Waals surface area contributed by atoms with Crippen LogP contribution in [0.5, 0.6) is 0 Å². The van der Waals surface area contributed by atoms with Gasteiger partial charge in [0, 0.05) is 10.6 Å². The zero-order valence-electron chi connectivity index (χ0n) is 11.1. The number of hydrogen-bond acceptors (Lipinski definition) is 3. The molecule has 0 fully saturated rings. The number of amides is 1. The van der Waals surface area contributed by atoms with E-state index in [0.29, 0.717) is 31.2 Å². The van der Waals surface area contributed by atoms with Gasteiger partial charge < -0.3 is 5.32 Å². The number of anilines is 1. The fourth-order valence-corrected chi connectivity index (χ4v) is 3.35. The Morgan fingerprint density at radius 3 is 2.41 bits per heavy atom. The SMILES string of the molecule is N#Cc1ccc(NC(=O)CSc2c(Cl)cccc2Cl)cc1Cl. The molecule has 2 aromatic rings. The zero-order chi connectivity index (χ0) is 16.1. The lowest BCUT2D eigenvalue weighted by Crippen LogP contribution is -2.14. The minimum atomic E-state index is -0.221. The van der Waals surface area contributed by atoms with Crippen LogP contribution in [0.3, 0.4) is 0 Å². The highest BCUT2D eigenvalue weighted by Crippen LogP contribution is 2.33. The third-order valence-corrected chi connectivity index (χ3v) is 4.94. The number of halogens is 3. The third-order valence-electron chi connectivity index (χ3n) is 2.64. The summed E-state index contributed by atoms with van der Waals surface area (Å²) in [6.45, 7) is 0. The monoisotopic (exact) mass is 370 g/mol. The van der Waals surface area contributed by atoms with Crippen LogP contribution in [0.25, 0.3) is 0 Å². The average molecular weight is 372 g/mol. The number of nitriles is 1. The van der Waals surface area contributed by atoms with E-state index in [9.17, 15) is 4.79 Å². The van der Waals surface area contributed by atoms with Crippen LogP contribution < -0.4 is 5.32 Å². The van der Waals surface area contributed by atoms with E-state index in [1.807, 2.05) is 6.07 Å². The molecule has 0 heterocycles. The predicted molar refractivity (Wildman–Crippen MR) is 92.0 cm³/mol. The third kappa shape index (κ3) is 4.31. The molecule has 0 aliphatic heterocycles. The van der Waals surface area contributed by atoms with Crippen LogP contribution in [0, 0.1) is 11.3 Å². The maximum Gasteiger partial charge on any atom is 0.234 e. The Kier molecular flexibility index (Phi) is 5.98. The molecule has 0 unspecified atom stereocenters. The Labute approximate surface area is 147 Å². The van der Waals surface area contributed by atoms with Gasteiger partial charge in [-0.2, -0.15) is 5.26 Å². The summed E-state index contributed by atoms with van der Waals surface area (Å²) in [5, 5.41) is 12.8. The summed E-state index contributed by atoms with van der Waals surface area (Å²) in [5.74, 6) is -0.0667. The van der Waals surface area contributed by atoms with Crippen molar-refractivity contribution in [1.29, 1.82) is 5.26 Å². The van der Waals surface area contributed by atoms with Crippen LogP contribution >= 0.6 is 46.6 Å². The minimum absolute atomic E-state index is 0.154. The van der Waals surface area contributed by atoms with Crippen molar-refractivity contribution in [2.24, 2.45) is 0 Å². The molecule has 22 heavy (non-hydrogen) atoms. The molecule has 1 amide bonds. The van der Waals surface area contributed by atoms with Gasteiger partial charge in [0.05, 0.1) is 26.4 Å². The summed E-state index contributed by atoms with van der Waals surface area (Å²) in [5.41, 5.74) is 0.886. The van der Waals surface area contributed by atoms with Crippen molar-refractivity contribution in [1.82, 2.24) is 0 Å². The summed E-state index contributed by atoms with van der Waals surface area (Å²) < 4.78 is 0. The molecule has 2 rings (SSSR count). The lowest BCUT2D eigenvalue weighted by molar-refractivity contribution is -0.113. The highest BCUT2D eigenvalue weighted by Gasteiger charge is 2.10. The van der Waals surface area contributed by atoms with Gasteiger partial charge in [0.2, 0.25) is 5.91 Å². The van der Waals surface area contributed by atoms with Crippen LogP contribution in [0.1, 0.15) is 5.56 Å². The van der Waals surface area contributed by atoms with Gasteiger partial charge in [0.25, 0.3) is 0 Å². The molecule has 0 bridgehead atoms. The first kappa shape index (κ1) is 17.0. The lowest BCUT2D eigenvalue weighted by atomic mass is 10.2. The number of nitrogens with zero attached hydrogens (tertiary/aromatic N) is 1. The first-order valence-corrected chi connectivity index (χ1v) is 8.19. The second kappa shape index (κ2) is 7.75. The van der Waals surface area contributed by atoms with Crippen molar-refractivity contribution in [2.45, 2.75) is 4.90 Å². The number of rotatable bonds is 4. The van der Waals surface area contributed by atoms with Gasteiger partial charge in [-0.15, -0.1) is 11.8 Å². The van der Waals surface area contributed by atoms with Gasteiger partial charge in [-0.1, -0.05) is 40.9 Å². The summed E-state index contributed by atoms with van der Waals surface area (Å²) in [6, 6.07) is 11.8. The number of benzene rings is 2. The molecule has 0 aromatic heterocycles. The van der Waals surface area contributed by atoms with E-state index in [4.69, 9.17) is 40.1 Å². The largest absolute Gasteiger partial charge is 0.325 e. The Bertz CT molecular complexity index is 739. The van der Waals surface area contributed by atoms with Crippen molar-refractivity contribution in [3.05, 3.63) is 57.0 Å². The second-order valence-electron chi connectivity index (χ2n) is 4.19. The topological polar surface area (TPSA) is 52.9 Å². The Morgan fingerprint density at radius 1 is 1.14 bits per heavy atom. The van der Waals surface area contributed by atoms with Gasteiger partial charge >= 0.3 is 0 Å². The van der Waals surface area contributed by atoms with Gasteiger partial charge in [-0.25, -0.2) is 0 Å². The fourth-order valence-electron chi connectivity index (χ4n) is 1.64. The Hall–Kier alpha value is -1.38. The van der Waals surface area contributed by atoms with Gasteiger partial charge in [-0.3, -0.25) is 4.79 Å². The minimum Gasteiger partial charge on any atom is -0.325 e. The molecule has 0 atom stereocenters. The fraction of sp³-hybridized carbons (Fsp3) is 0.0667. The van der Waals surface area contributed by atoms with E-state index in [1.54, 1.807) is 30.3 Å². The smallest absolute Gasteiger partial charge is 0.234 e. The lowest BCUT2D eigenvalue weighted by Gasteiger charge is -2.08. The van der Waals surface area contributed by atoms with Crippen molar-refractivity contribution in [3.63, 3.8) is 0 Å². The zero-order valence-corrected chi connectivity index (χ0v) is 14.2. The first-order chi connectivity index (χ1) is 10.5. The van der Waals surface area contributed by atoms with Crippen LogP contribution in [0.2, 0.25) is 15.1 Å². The van der Waals surface area contributed by atoms with E-state index in [2.05, 4.69) is 5.32 Å². The van der Waals surface area contributed by atoms with E-state index < -0.39 is 0 Å². The van der Waals surface area contributed by atoms with E-state index in [-0.39, 0.29) is 11.7 Å². The van der Waals surface area contributed by atoms with Crippen molar-refractivity contribution in [2.75, 3.05) is 11.1 Å². The number of carbonyl (C=O) groups excluding carboxylic acids is 1. The molecule has 7 heteroatoms. The maximum atomic E-state index is 11.9. The molecular weight excluding hydrogens is 363 g/mol. The van der Waals surface area contributed by atoms with Crippen LogP contribution in [-0.2, 0) is 4.79 Å². The second-order valence-corrected chi connectivity index (χ2v) is 6.40. The molecular formula is C15H9Cl3N2OS. The normalized spacial score (nSPS) is 10.1. The van der Waals surface area contributed by atoms with E-state index in [0.717, 1.165) is 0 Å². The highest BCUT2D eigenvalue weighted by molar-refractivity contribution is 8.00. The average Bonchev–Trinajstić information content (AvgIpc) is 2.47. The van der Waals surface area contributed by atoms with Crippen molar-refractivity contribution in [3.8, 4) is 6.07 Å². The van der Waals surface area contributed by atoms with E-state index in [1.165, 1.54) is 17.8 Å². The molecule has 3 nitrogen and oxygen atoms in total.